The minimum atomic E-state index is -5.70. The predicted octanol–water partition coefficient (Wildman–Crippen LogP) is 4.07. The zero-order chi connectivity index (χ0) is 17.5. The number of rotatable bonds is 2. The summed E-state index contributed by atoms with van der Waals surface area (Å²) in [6, 6.07) is 3.80. The Morgan fingerprint density at radius 1 is 1.04 bits per heavy atom. The number of alkyl halides is 7. The SMILES string of the molecule is CN(C1=NCCO1)c1ccc(C(Cl)(C(F)(F)F)C(F)(F)F)cc1. The fraction of sp³-hybridized carbons (Fsp3) is 0.462. The van der Waals surface area contributed by atoms with Crippen LogP contribution in [0.25, 0.3) is 0 Å². The van der Waals surface area contributed by atoms with Crippen molar-refractivity contribution in [2.75, 3.05) is 25.1 Å². The van der Waals surface area contributed by atoms with Crippen molar-refractivity contribution in [2.24, 2.45) is 4.99 Å². The predicted molar refractivity (Wildman–Crippen MR) is 72.7 cm³/mol. The van der Waals surface area contributed by atoms with Gasteiger partial charge in [-0.05, 0) is 17.7 Å². The first-order valence-electron chi connectivity index (χ1n) is 6.32. The first-order valence-corrected chi connectivity index (χ1v) is 6.70. The molecule has 10 heteroatoms. The van der Waals surface area contributed by atoms with Crippen molar-refractivity contribution in [1.82, 2.24) is 0 Å². The second kappa shape index (κ2) is 5.77. The van der Waals surface area contributed by atoms with Gasteiger partial charge in [-0.25, -0.2) is 4.99 Å². The van der Waals surface area contributed by atoms with Gasteiger partial charge in [-0.3, -0.25) is 4.90 Å². The molecule has 1 heterocycles. The van der Waals surface area contributed by atoms with Crippen LogP contribution < -0.4 is 4.90 Å². The molecule has 0 spiro atoms. The van der Waals surface area contributed by atoms with Gasteiger partial charge in [0.1, 0.15) is 6.61 Å². The molecule has 0 fully saturated rings. The van der Waals surface area contributed by atoms with E-state index in [1.807, 2.05) is 0 Å². The number of amidine groups is 1. The summed E-state index contributed by atoms with van der Waals surface area (Å²) >= 11 is 4.96. The molecule has 0 bridgehead atoms. The van der Waals surface area contributed by atoms with Gasteiger partial charge in [0.25, 0.3) is 10.9 Å². The normalized spacial score (nSPS) is 16.1. The molecule has 0 saturated carbocycles. The summed E-state index contributed by atoms with van der Waals surface area (Å²) in [6.45, 7) is 0.801. The largest absolute Gasteiger partial charge is 0.463 e. The van der Waals surface area contributed by atoms with Gasteiger partial charge in [-0.1, -0.05) is 23.7 Å². The summed E-state index contributed by atoms with van der Waals surface area (Å²) in [6.07, 6.45) is -11.4. The molecule has 0 N–H and O–H groups in total. The molecule has 0 aromatic heterocycles. The van der Waals surface area contributed by atoms with E-state index in [2.05, 4.69) is 4.99 Å². The number of hydrogen-bond donors (Lipinski definition) is 0. The molecule has 2 rings (SSSR count). The lowest BCUT2D eigenvalue weighted by molar-refractivity contribution is -0.272. The zero-order valence-electron chi connectivity index (χ0n) is 11.7. The van der Waals surface area contributed by atoms with Crippen molar-refractivity contribution in [1.29, 1.82) is 0 Å². The number of ether oxygens (including phenoxy) is 1. The van der Waals surface area contributed by atoms with Crippen LogP contribution in [0.4, 0.5) is 32.0 Å². The van der Waals surface area contributed by atoms with E-state index in [4.69, 9.17) is 16.3 Å². The molecule has 23 heavy (non-hydrogen) atoms. The monoisotopic (exact) mass is 360 g/mol. The molecule has 1 aliphatic rings. The van der Waals surface area contributed by atoms with Crippen LogP contribution in [0.5, 0.6) is 0 Å². The molecule has 0 amide bonds. The molecule has 0 atom stereocenters. The minimum absolute atomic E-state index is 0.238. The Morgan fingerprint density at radius 3 is 1.96 bits per heavy atom. The summed E-state index contributed by atoms with van der Waals surface area (Å²) in [5.74, 6) is 0. The third-order valence-electron chi connectivity index (χ3n) is 3.29. The van der Waals surface area contributed by atoms with E-state index in [0.29, 0.717) is 31.0 Å². The fourth-order valence-corrected chi connectivity index (χ4v) is 2.17. The maximum atomic E-state index is 12.9. The molecular formula is C13H11ClF6N2O. The Morgan fingerprint density at radius 2 is 1.57 bits per heavy atom. The van der Waals surface area contributed by atoms with E-state index < -0.39 is 22.8 Å². The Labute approximate surface area is 132 Å². The van der Waals surface area contributed by atoms with E-state index in [9.17, 15) is 26.3 Å². The fourth-order valence-electron chi connectivity index (χ4n) is 2.04. The van der Waals surface area contributed by atoms with E-state index in [0.717, 1.165) is 12.1 Å². The smallest absolute Gasteiger partial charge is 0.420 e. The first-order chi connectivity index (χ1) is 10.5. The molecule has 1 aromatic carbocycles. The van der Waals surface area contributed by atoms with Gasteiger partial charge in [0.15, 0.2) is 0 Å². The first kappa shape index (κ1) is 17.7. The number of hydrogen-bond acceptors (Lipinski definition) is 3. The van der Waals surface area contributed by atoms with Crippen LogP contribution in [0, 0.1) is 0 Å². The van der Waals surface area contributed by atoms with Crippen LogP contribution >= 0.6 is 11.6 Å². The standard InChI is InChI=1S/C13H11ClF6N2O/c1-22(10-21-6-7-23-10)9-4-2-8(3-5-9)11(14,12(15,16)17)13(18,19)20/h2-5H,6-7H2,1H3. The van der Waals surface area contributed by atoms with Crippen molar-refractivity contribution in [3.8, 4) is 0 Å². The molecule has 0 unspecified atom stereocenters. The quantitative estimate of drug-likeness (QED) is 0.587. The highest BCUT2D eigenvalue weighted by molar-refractivity contribution is 6.25. The van der Waals surface area contributed by atoms with Crippen LogP contribution in [0.3, 0.4) is 0 Å². The number of aliphatic imine (C=N–C) groups is 1. The second-order valence-corrected chi connectivity index (χ2v) is 5.34. The number of benzene rings is 1. The van der Waals surface area contributed by atoms with Gasteiger partial charge in [0.2, 0.25) is 0 Å². The van der Waals surface area contributed by atoms with Crippen molar-refractivity contribution < 1.29 is 31.1 Å². The van der Waals surface area contributed by atoms with Crippen LogP contribution in [0.1, 0.15) is 5.56 Å². The van der Waals surface area contributed by atoms with Crippen molar-refractivity contribution in [3.63, 3.8) is 0 Å². The molecule has 0 saturated heterocycles. The van der Waals surface area contributed by atoms with Gasteiger partial charge in [-0.15, -0.1) is 0 Å². The second-order valence-electron chi connectivity index (χ2n) is 4.77. The summed E-state index contributed by atoms with van der Waals surface area (Å²) in [7, 11) is 1.53. The summed E-state index contributed by atoms with van der Waals surface area (Å²) < 4.78 is 82.5. The van der Waals surface area contributed by atoms with Gasteiger partial charge in [0, 0.05) is 12.7 Å². The molecule has 1 aromatic rings. The molecule has 0 aliphatic carbocycles. The molecule has 3 nitrogen and oxygen atoms in total. The maximum Gasteiger partial charge on any atom is 0.420 e. The Balaban J connectivity index is 2.37. The highest BCUT2D eigenvalue weighted by atomic mass is 35.5. The summed E-state index contributed by atoms with van der Waals surface area (Å²) in [5, 5.41) is 0. The molecule has 1 aliphatic heterocycles. The lowest BCUT2D eigenvalue weighted by Gasteiger charge is -2.32. The summed E-state index contributed by atoms with van der Waals surface area (Å²) in [4.78, 5) is 0.947. The lowest BCUT2D eigenvalue weighted by Crippen LogP contribution is -2.49. The topological polar surface area (TPSA) is 24.8 Å². The molecular weight excluding hydrogens is 350 g/mol. The van der Waals surface area contributed by atoms with Gasteiger partial charge >= 0.3 is 12.4 Å². The van der Waals surface area contributed by atoms with E-state index in [1.165, 1.54) is 11.9 Å². The number of halogens is 7. The Hall–Kier alpha value is -1.64. The molecule has 0 radical (unpaired) electrons. The van der Waals surface area contributed by atoms with Crippen LogP contribution in [-0.4, -0.2) is 38.6 Å². The van der Waals surface area contributed by atoms with E-state index in [1.54, 1.807) is 0 Å². The van der Waals surface area contributed by atoms with Gasteiger partial charge in [0.05, 0.1) is 6.54 Å². The van der Waals surface area contributed by atoms with Crippen molar-refractivity contribution in [3.05, 3.63) is 29.8 Å². The van der Waals surface area contributed by atoms with Crippen molar-refractivity contribution in [2.45, 2.75) is 17.2 Å². The van der Waals surface area contributed by atoms with E-state index in [-0.39, 0.29) is 6.02 Å². The molecule has 128 valence electrons. The maximum absolute atomic E-state index is 12.9. The third kappa shape index (κ3) is 3.06. The zero-order valence-corrected chi connectivity index (χ0v) is 12.4. The average molecular weight is 361 g/mol. The highest BCUT2D eigenvalue weighted by Gasteiger charge is 2.71. The van der Waals surface area contributed by atoms with Crippen molar-refractivity contribution >= 4 is 23.3 Å². The summed E-state index contributed by atoms with van der Waals surface area (Å²) in [5.41, 5.74) is -0.789. The lowest BCUT2D eigenvalue weighted by atomic mass is 9.96. The highest BCUT2D eigenvalue weighted by Crippen LogP contribution is 2.55. The van der Waals surface area contributed by atoms with Gasteiger partial charge in [-0.2, -0.15) is 26.3 Å². The van der Waals surface area contributed by atoms with Crippen LogP contribution in [-0.2, 0) is 9.61 Å². The van der Waals surface area contributed by atoms with Gasteiger partial charge < -0.3 is 4.74 Å². The minimum Gasteiger partial charge on any atom is -0.463 e. The average Bonchev–Trinajstić information content (AvgIpc) is 2.97. The van der Waals surface area contributed by atoms with Crippen LogP contribution in [0.2, 0.25) is 0 Å². The number of nitrogens with zero attached hydrogens (tertiary/aromatic N) is 2. The third-order valence-corrected chi connectivity index (χ3v) is 3.94. The Kier molecular flexibility index (Phi) is 4.44. The number of anilines is 1. The van der Waals surface area contributed by atoms with E-state index >= 15 is 0 Å². The Bertz CT molecular complexity index is 582. The van der Waals surface area contributed by atoms with Crippen LogP contribution in [0.15, 0.2) is 29.3 Å².